The highest BCUT2D eigenvalue weighted by Gasteiger charge is 2.26. The van der Waals surface area contributed by atoms with Crippen molar-refractivity contribution in [2.24, 2.45) is 0 Å². The van der Waals surface area contributed by atoms with E-state index in [2.05, 4.69) is 5.32 Å². The van der Waals surface area contributed by atoms with Gasteiger partial charge in [0.25, 0.3) is 5.91 Å². The number of benzene rings is 2. The lowest BCUT2D eigenvalue weighted by atomic mass is 10.1. The van der Waals surface area contributed by atoms with Crippen molar-refractivity contribution in [2.45, 2.75) is 46.2 Å². The average Bonchev–Trinajstić information content (AvgIpc) is 2.72. The molecule has 0 unspecified atom stereocenters. The fraction of sp³-hybridized carbons (Fsp3) is 0.391. The molecule has 0 saturated heterocycles. The molecule has 0 aromatic heterocycles. The van der Waals surface area contributed by atoms with Crippen LogP contribution in [0.3, 0.4) is 0 Å². The Morgan fingerprint density at radius 2 is 1.83 bits per heavy atom. The predicted molar refractivity (Wildman–Crippen MR) is 111 cm³/mol. The van der Waals surface area contributed by atoms with E-state index in [4.69, 9.17) is 4.74 Å². The first-order chi connectivity index (χ1) is 13.9. The Morgan fingerprint density at radius 1 is 1.14 bits per heavy atom. The third-order valence-electron chi connectivity index (χ3n) is 4.71. The largest absolute Gasteiger partial charge is 0.484 e. The lowest BCUT2D eigenvalue weighted by Gasteiger charge is -2.29. The normalized spacial score (nSPS) is 11.6. The number of nitrogens with zero attached hydrogens (tertiary/aromatic N) is 1. The van der Waals surface area contributed by atoms with Crippen LogP contribution < -0.4 is 10.1 Å². The topological polar surface area (TPSA) is 58.6 Å². The number of aryl methyl sites for hydroxylation is 1. The molecule has 1 N–H and O–H groups in total. The summed E-state index contributed by atoms with van der Waals surface area (Å²) in [6.07, 6.45) is 1.85. The molecule has 2 aromatic carbocycles. The lowest BCUT2D eigenvalue weighted by molar-refractivity contribution is -0.142. The van der Waals surface area contributed by atoms with E-state index in [9.17, 15) is 14.0 Å². The van der Waals surface area contributed by atoms with Crippen LogP contribution in [0.5, 0.6) is 5.75 Å². The zero-order chi connectivity index (χ0) is 21.2. The van der Waals surface area contributed by atoms with Gasteiger partial charge in [-0.1, -0.05) is 43.7 Å². The number of rotatable bonds is 10. The quantitative estimate of drug-likeness (QED) is 0.617. The highest BCUT2D eigenvalue weighted by atomic mass is 19.1. The molecular formula is C23H29FN2O3. The molecule has 2 amide bonds. The number of halogens is 1. The van der Waals surface area contributed by atoms with E-state index in [-0.39, 0.29) is 30.8 Å². The van der Waals surface area contributed by atoms with Crippen LogP contribution in [0.4, 0.5) is 4.39 Å². The predicted octanol–water partition coefficient (Wildman–Crippen LogP) is 3.85. The Kier molecular flexibility index (Phi) is 8.65. The van der Waals surface area contributed by atoms with E-state index in [0.29, 0.717) is 12.3 Å². The van der Waals surface area contributed by atoms with Crippen molar-refractivity contribution in [3.8, 4) is 5.75 Å². The van der Waals surface area contributed by atoms with Gasteiger partial charge in [-0.2, -0.15) is 0 Å². The first kappa shape index (κ1) is 22.4. The molecule has 0 heterocycles. The molecule has 0 fully saturated rings. The van der Waals surface area contributed by atoms with Crippen LogP contribution in [0.25, 0.3) is 0 Å². The summed E-state index contributed by atoms with van der Waals surface area (Å²) >= 11 is 0. The van der Waals surface area contributed by atoms with Gasteiger partial charge in [0.1, 0.15) is 17.6 Å². The summed E-state index contributed by atoms with van der Waals surface area (Å²) < 4.78 is 18.9. The average molecular weight is 400 g/mol. The molecule has 0 radical (unpaired) electrons. The van der Waals surface area contributed by atoms with Gasteiger partial charge >= 0.3 is 0 Å². The number of carbonyl (C=O) groups is 2. The number of ether oxygens (including phenoxy) is 1. The zero-order valence-corrected chi connectivity index (χ0v) is 17.3. The number of carbonyl (C=O) groups excluding carboxylic acids is 2. The minimum Gasteiger partial charge on any atom is -0.484 e. The Balaban J connectivity index is 2.11. The first-order valence-electron chi connectivity index (χ1n) is 9.92. The van der Waals surface area contributed by atoms with Crippen LogP contribution in [-0.2, 0) is 16.1 Å². The van der Waals surface area contributed by atoms with Gasteiger partial charge < -0.3 is 15.0 Å². The van der Waals surface area contributed by atoms with Gasteiger partial charge in [0.05, 0.1) is 0 Å². The highest BCUT2D eigenvalue weighted by molar-refractivity contribution is 5.87. The summed E-state index contributed by atoms with van der Waals surface area (Å²) in [5, 5.41) is 2.86. The molecule has 0 aliphatic carbocycles. The van der Waals surface area contributed by atoms with Gasteiger partial charge in [-0.3, -0.25) is 9.59 Å². The van der Waals surface area contributed by atoms with Gasteiger partial charge in [0.15, 0.2) is 6.61 Å². The van der Waals surface area contributed by atoms with Crippen molar-refractivity contribution in [3.05, 3.63) is 65.5 Å². The number of amides is 2. The highest BCUT2D eigenvalue weighted by Crippen LogP contribution is 2.17. The summed E-state index contributed by atoms with van der Waals surface area (Å²) in [7, 11) is 0. The summed E-state index contributed by atoms with van der Waals surface area (Å²) in [6, 6.07) is 12.7. The molecular weight excluding hydrogens is 371 g/mol. The maximum absolute atomic E-state index is 13.2. The molecule has 156 valence electrons. The second-order valence-electron chi connectivity index (χ2n) is 7.02. The van der Waals surface area contributed by atoms with Crippen LogP contribution in [0, 0.1) is 12.7 Å². The SMILES string of the molecule is CCCCNC(=O)[C@@H](C)N(Cc1ccc(F)cc1)C(=O)COc1ccccc1C. The van der Waals surface area contributed by atoms with Crippen LogP contribution in [0.2, 0.25) is 0 Å². The number of hydrogen-bond acceptors (Lipinski definition) is 3. The van der Waals surface area contributed by atoms with Crippen LogP contribution in [0.15, 0.2) is 48.5 Å². The van der Waals surface area contributed by atoms with E-state index in [1.807, 2.05) is 32.0 Å². The maximum atomic E-state index is 13.2. The van der Waals surface area contributed by atoms with Crippen molar-refractivity contribution in [2.75, 3.05) is 13.2 Å². The number of para-hydroxylation sites is 1. The van der Waals surface area contributed by atoms with E-state index in [1.54, 1.807) is 25.1 Å². The molecule has 0 saturated carbocycles. The maximum Gasteiger partial charge on any atom is 0.261 e. The van der Waals surface area contributed by atoms with Gasteiger partial charge in [-0.25, -0.2) is 4.39 Å². The van der Waals surface area contributed by atoms with E-state index in [1.165, 1.54) is 17.0 Å². The van der Waals surface area contributed by atoms with E-state index >= 15 is 0 Å². The molecule has 2 aromatic rings. The van der Waals surface area contributed by atoms with Crippen molar-refractivity contribution in [3.63, 3.8) is 0 Å². The van der Waals surface area contributed by atoms with Crippen molar-refractivity contribution >= 4 is 11.8 Å². The third-order valence-corrected chi connectivity index (χ3v) is 4.71. The van der Waals surface area contributed by atoms with Crippen LogP contribution in [-0.4, -0.2) is 35.9 Å². The molecule has 2 rings (SSSR count). The minimum atomic E-state index is -0.676. The van der Waals surface area contributed by atoms with Crippen LogP contribution in [0.1, 0.15) is 37.8 Å². The molecule has 29 heavy (non-hydrogen) atoms. The second-order valence-corrected chi connectivity index (χ2v) is 7.02. The Hall–Kier alpha value is -2.89. The number of hydrogen-bond donors (Lipinski definition) is 1. The summed E-state index contributed by atoms with van der Waals surface area (Å²) in [4.78, 5) is 26.9. The Morgan fingerprint density at radius 3 is 2.48 bits per heavy atom. The summed E-state index contributed by atoms with van der Waals surface area (Å²) in [5.74, 6) is -0.247. The lowest BCUT2D eigenvalue weighted by Crippen LogP contribution is -2.49. The Bertz CT molecular complexity index is 808. The summed E-state index contributed by atoms with van der Waals surface area (Å²) in [6.45, 7) is 6.22. The molecule has 0 aliphatic rings. The minimum absolute atomic E-state index is 0.182. The smallest absolute Gasteiger partial charge is 0.261 e. The van der Waals surface area contributed by atoms with E-state index in [0.717, 1.165) is 24.0 Å². The van der Waals surface area contributed by atoms with Gasteiger partial charge in [0.2, 0.25) is 5.91 Å². The van der Waals surface area contributed by atoms with Crippen molar-refractivity contribution < 1.29 is 18.7 Å². The molecule has 1 atom stereocenters. The van der Waals surface area contributed by atoms with Gasteiger partial charge in [-0.05, 0) is 49.6 Å². The standard InChI is InChI=1S/C23H29FN2O3/c1-4-5-14-25-23(28)18(3)26(15-19-10-12-20(24)13-11-19)22(27)16-29-21-9-7-6-8-17(21)2/h6-13,18H,4-5,14-16H2,1-3H3,(H,25,28)/t18-/m1/s1. The summed E-state index contributed by atoms with van der Waals surface area (Å²) in [5.41, 5.74) is 1.67. The molecule has 0 bridgehead atoms. The van der Waals surface area contributed by atoms with Crippen molar-refractivity contribution in [1.82, 2.24) is 10.2 Å². The monoisotopic (exact) mass is 400 g/mol. The van der Waals surface area contributed by atoms with E-state index < -0.39 is 6.04 Å². The third kappa shape index (κ3) is 6.89. The first-order valence-corrected chi connectivity index (χ1v) is 9.92. The number of unbranched alkanes of at least 4 members (excludes halogenated alkanes) is 1. The van der Waals surface area contributed by atoms with Crippen LogP contribution >= 0.6 is 0 Å². The molecule has 6 heteroatoms. The molecule has 5 nitrogen and oxygen atoms in total. The Labute approximate surface area is 171 Å². The molecule has 0 aliphatic heterocycles. The van der Waals surface area contributed by atoms with Gasteiger partial charge in [0, 0.05) is 13.1 Å². The fourth-order valence-electron chi connectivity index (χ4n) is 2.85. The fourth-order valence-corrected chi connectivity index (χ4v) is 2.85. The second kappa shape index (κ2) is 11.2. The molecule has 0 spiro atoms. The number of nitrogens with one attached hydrogen (secondary N) is 1. The van der Waals surface area contributed by atoms with Gasteiger partial charge in [-0.15, -0.1) is 0 Å². The zero-order valence-electron chi connectivity index (χ0n) is 17.3. The van der Waals surface area contributed by atoms with Crippen molar-refractivity contribution in [1.29, 1.82) is 0 Å².